The fourth-order valence-corrected chi connectivity index (χ4v) is 11.4. The van der Waals surface area contributed by atoms with Crippen LogP contribution in [-0.2, 0) is 9.13 Å². The lowest BCUT2D eigenvalue weighted by Crippen LogP contribution is -2.24. The minimum absolute atomic E-state index is 0.630. The molecule has 0 aliphatic heterocycles. The minimum Gasteiger partial charge on any atom is -0.454 e. The van der Waals surface area contributed by atoms with E-state index >= 15 is 0 Å². The van der Waals surface area contributed by atoms with Crippen LogP contribution < -0.4 is 31.8 Å². The van der Waals surface area contributed by atoms with Crippen LogP contribution >= 0.6 is 14.3 Å². The molecule has 6 aromatic carbocycles. The van der Waals surface area contributed by atoms with Crippen molar-refractivity contribution in [3.05, 3.63) is 194 Å². The zero-order valence-corrected chi connectivity index (χ0v) is 30.1. The molecule has 5 nitrogen and oxygen atoms in total. The standard InChI is InChI=1S/C44H36N2O3P2/c1-33(45-35-23-27-41(28-24-35)50(47,37-15-7-3-8-16-37)38-17-9-4-10-18-38)43-31-32-44(49-43)34(2)46-36-25-29-42(30-26-36)51(48,39-19-11-5-12-20-39)40-21-13-6-14-22-40/h3-32H,1-2H3. The molecular formula is C44H36N2O3P2. The van der Waals surface area contributed by atoms with Gasteiger partial charge in [-0.15, -0.1) is 0 Å². The van der Waals surface area contributed by atoms with Crippen LogP contribution in [0.1, 0.15) is 25.4 Å². The van der Waals surface area contributed by atoms with Gasteiger partial charge >= 0.3 is 0 Å². The topological polar surface area (TPSA) is 72.0 Å². The second-order valence-electron chi connectivity index (χ2n) is 12.2. The number of nitrogens with zero attached hydrogens (tertiary/aromatic N) is 2. The van der Waals surface area contributed by atoms with E-state index in [0.29, 0.717) is 22.9 Å². The second kappa shape index (κ2) is 14.7. The van der Waals surface area contributed by atoms with E-state index in [1.165, 1.54) is 0 Å². The average molecular weight is 703 g/mol. The largest absolute Gasteiger partial charge is 0.454 e. The van der Waals surface area contributed by atoms with Gasteiger partial charge in [0.2, 0.25) is 0 Å². The van der Waals surface area contributed by atoms with Crippen molar-refractivity contribution in [2.24, 2.45) is 9.98 Å². The van der Waals surface area contributed by atoms with Gasteiger partial charge in [0.25, 0.3) is 0 Å². The molecule has 0 fully saturated rings. The molecule has 51 heavy (non-hydrogen) atoms. The SMILES string of the molecule is CC(=Nc1ccc(P(=O)(c2ccccc2)c2ccccc2)cc1)c1ccc(C(C)=Nc2ccc(P(=O)(c3ccccc3)c3ccccc3)cc2)o1. The molecule has 250 valence electrons. The molecule has 0 bridgehead atoms. The molecule has 0 aliphatic carbocycles. The number of benzene rings is 6. The molecule has 0 unspecified atom stereocenters. The van der Waals surface area contributed by atoms with Crippen molar-refractivity contribution in [2.75, 3.05) is 0 Å². The van der Waals surface area contributed by atoms with Crippen molar-refractivity contribution in [3.8, 4) is 0 Å². The third kappa shape index (κ3) is 6.92. The third-order valence-corrected chi connectivity index (χ3v) is 15.0. The van der Waals surface area contributed by atoms with E-state index < -0.39 is 14.3 Å². The summed E-state index contributed by atoms with van der Waals surface area (Å²) in [6.07, 6.45) is 0. The fraction of sp³-hybridized carbons (Fsp3) is 0.0455. The Bertz CT molecular complexity index is 2150. The summed E-state index contributed by atoms with van der Waals surface area (Å²) in [4.78, 5) is 9.61. The molecule has 0 radical (unpaired) electrons. The van der Waals surface area contributed by atoms with E-state index in [9.17, 15) is 9.13 Å². The van der Waals surface area contributed by atoms with E-state index in [0.717, 1.165) is 43.2 Å². The first kappa shape index (κ1) is 33.9. The zero-order chi connectivity index (χ0) is 35.3. The molecule has 7 rings (SSSR count). The number of furan rings is 1. The van der Waals surface area contributed by atoms with E-state index in [1.54, 1.807) is 0 Å². The Morgan fingerprint density at radius 1 is 0.373 bits per heavy atom. The molecule has 0 amide bonds. The molecular weight excluding hydrogens is 666 g/mol. The monoisotopic (exact) mass is 702 g/mol. The van der Waals surface area contributed by atoms with Crippen LogP contribution in [0, 0.1) is 0 Å². The molecule has 0 saturated heterocycles. The Balaban J connectivity index is 1.11. The molecule has 0 spiro atoms. The summed E-state index contributed by atoms with van der Waals surface area (Å²) >= 11 is 0. The van der Waals surface area contributed by atoms with Gasteiger partial charge in [-0.2, -0.15) is 0 Å². The van der Waals surface area contributed by atoms with Crippen LogP contribution in [0.25, 0.3) is 0 Å². The van der Waals surface area contributed by atoms with Crippen LogP contribution in [-0.4, -0.2) is 11.4 Å². The maximum Gasteiger partial charge on any atom is 0.171 e. The smallest absolute Gasteiger partial charge is 0.171 e. The highest BCUT2D eigenvalue weighted by atomic mass is 31.2. The summed E-state index contributed by atoms with van der Waals surface area (Å²) in [5.41, 5.74) is 2.88. The van der Waals surface area contributed by atoms with Crippen LogP contribution in [0.5, 0.6) is 0 Å². The van der Waals surface area contributed by atoms with Gasteiger partial charge in [0.05, 0.1) is 22.8 Å². The van der Waals surface area contributed by atoms with Gasteiger partial charge in [0, 0.05) is 31.8 Å². The first-order valence-electron chi connectivity index (χ1n) is 16.7. The van der Waals surface area contributed by atoms with Crippen molar-refractivity contribution >= 4 is 68.9 Å². The lowest BCUT2D eigenvalue weighted by atomic mass is 10.2. The summed E-state index contributed by atoms with van der Waals surface area (Å²) in [5, 5.41) is 4.66. The summed E-state index contributed by atoms with van der Waals surface area (Å²) < 4.78 is 35.5. The van der Waals surface area contributed by atoms with E-state index in [4.69, 9.17) is 14.4 Å². The minimum atomic E-state index is -3.06. The summed E-state index contributed by atoms with van der Waals surface area (Å²) in [5.74, 6) is 1.26. The highest BCUT2D eigenvalue weighted by Crippen LogP contribution is 2.43. The van der Waals surface area contributed by atoms with Gasteiger partial charge in [-0.1, -0.05) is 121 Å². The van der Waals surface area contributed by atoms with E-state index in [1.807, 2.05) is 196 Å². The third-order valence-electron chi connectivity index (χ3n) is 8.82. The average Bonchev–Trinajstić information content (AvgIpc) is 3.71. The summed E-state index contributed by atoms with van der Waals surface area (Å²) in [6.45, 7) is 3.80. The zero-order valence-electron chi connectivity index (χ0n) is 28.3. The van der Waals surface area contributed by atoms with Gasteiger partial charge < -0.3 is 13.5 Å². The predicted molar refractivity (Wildman–Crippen MR) is 214 cm³/mol. The normalized spacial score (nSPS) is 12.5. The Morgan fingerprint density at radius 2 is 0.627 bits per heavy atom. The first-order chi connectivity index (χ1) is 24.9. The van der Waals surface area contributed by atoms with Crippen LogP contribution in [0.3, 0.4) is 0 Å². The first-order valence-corrected chi connectivity index (χ1v) is 20.1. The van der Waals surface area contributed by atoms with Crippen LogP contribution in [0.15, 0.2) is 196 Å². The Morgan fingerprint density at radius 3 is 0.902 bits per heavy atom. The van der Waals surface area contributed by atoms with Crippen molar-refractivity contribution in [3.63, 3.8) is 0 Å². The van der Waals surface area contributed by atoms with Gasteiger partial charge in [-0.3, -0.25) is 0 Å². The van der Waals surface area contributed by atoms with Crippen molar-refractivity contribution in [2.45, 2.75) is 13.8 Å². The maximum absolute atomic E-state index is 14.7. The van der Waals surface area contributed by atoms with Crippen LogP contribution in [0.2, 0.25) is 0 Å². The molecule has 1 heterocycles. The van der Waals surface area contributed by atoms with Crippen molar-refractivity contribution in [1.82, 2.24) is 0 Å². The molecule has 0 atom stereocenters. The highest BCUT2D eigenvalue weighted by molar-refractivity contribution is 7.85. The molecule has 0 saturated carbocycles. The number of hydrogen-bond donors (Lipinski definition) is 0. The predicted octanol–water partition coefficient (Wildman–Crippen LogP) is 8.84. The summed E-state index contributed by atoms with van der Waals surface area (Å²) in [7, 11) is -6.12. The molecule has 0 aliphatic rings. The number of rotatable bonds is 10. The van der Waals surface area contributed by atoms with Crippen LogP contribution in [0.4, 0.5) is 11.4 Å². The van der Waals surface area contributed by atoms with E-state index in [-0.39, 0.29) is 0 Å². The number of aliphatic imine (C=N–C) groups is 2. The highest BCUT2D eigenvalue weighted by Gasteiger charge is 2.30. The number of hydrogen-bond acceptors (Lipinski definition) is 5. The lowest BCUT2D eigenvalue weighted by molar-refractivity contribution is 0.548. The Hall–Kier alpha value is -5.60. The molecule has 1 aromatic heterocycles. The second-order valence-corrected chi connectivity index (χ2v) is 17.7. The van der Waals surface area contributed by atoms with Gasteiger partial charge in [-0.05, 0) is 74.5 Å². The van der Waals surface area contributed by atoms with Crippen molar-refractivity contribution in [1.29, 1.82) is 0 Å². The van der Waals surface area contributed by atoms with Gasteiger partial charge in [-0.25, -0.2) is 9.98 Å². The van der Waals surface area contributed by atoms with Gasteiger partial charge in [0.15, 0.2) is 14.3 Å². The Labute approximate surface area is 298 Å². The quantitative estimate of drug-likeness (QED) is 0.106. The maximum atomic E-state index is 14.7. The molecule has 7 aromatic rings. The molecule has 0 N–H and O–H groups in total. The lowest BCUT2D eigenvalue weighted by Gasteiger charge is -2.20. The molecule has 7 heteroatoms. The fourth-order valence-electron chi connectivity index (χ4n) is 6.14. The van der Waals surface area contributed by atoms with Gasteiger partial charge in [0.1, 0.15) is 11.5 Å². The van der Waals surface area contributed by atoms with E-state index in [2.05, 4.69) is 0 Å². The summed E-state index contributed by atoms with van der Waals surface area (Å²) in [6, 6.07) is 57.5. The van der Waals surface area contributed by atoms with Crippen molar-refractivity contribution < 1.29 is 13.5 Å². The Kier molecular flexibility index (Phi) is 9.77.